The summed E-state index contributed by atoms with van der Waals surface area (Å²) in [6.07, 6.45) is 1.79. The third kappa shape index (κ3) is 3.56. The zero-order chi connectivity index (χ0) is 16.9. The number of fused-ring (bicyclic) bond motifs is 1. The first kappa shape index (κ1) is 16.1. The Bertz CT molecular complexity index is 855. The fourth-order valence-electron chi connectivity index (χ4n) is 2.63. The lowest BCUT2D eigenvalue weighted by molar-refractivity contribution is -0.123. The van der Waals surface area contributed by atoms with Gasteiger partial charge >= 0.3 is 0 Å². The van der Waals surface area contributed by atoms with E-state index in [1.54, 1.807) is 6.20 Å². The van der Waals surface area contributed by atoms with Gasteiger partial charge in [-0.05, 0) is 36.8 Å². The van der Waals surface area contributed by atoms with Crippen LogP contribution in [0.25, 0.3) is 10.8 Å². The van der Waals surface area contributed by atoms with Crippen molar-refractivity contribution in [2.75, 3.05) is 6.61 Å². The minimum absolute atomic E-state index is 0.000692. The van der Waals surface area contributed by atoms with Crippen molar-refractivity contribution < 1.29 is 9.53 Å². The van der Waals surface area contributed by atoms with Gasteiger partial charge in [0, 0.05) is 24.3 Å². The Morgan fingerprint density at radius 3 is 2.75 bits per heavy atom. The maximum absolute atomic E-state index is 12.0. The van der Waals surface area contributed by atoms with Crippen LogP contribution >= 0.6 is 0 Å². The average Bonchev–Trinajstić information content (AvgIpc) is 2.97. The highest BCUT2D eigenvalue weighted by Crippen LogP contribution is 2.20. The van der Waals surface area contributed by atoms with Gasteiger partial charge in [0.2, 0.25) is 0 Å². The third-order valence-corrected chi connectivity index (χ3v) is 4.07. The van der Waals surface area contributed by atoms with Gasteiger partial charge in [-0.25, -0.2) is 0 Å². The molecule has 24 heavy (non-hydrogen) atoms. The molecule has 0 saturated heterocycles. The van der Waals surface area contributed by atoms with Gasteiger partial charge in [-0.15, -0.1) is 0 Å². The summed E-state index contributed by atoms with van der Waals surface area (Å²) in [6, 6.07) is 13.9. The standard InChI is InChI=1S/C19H21N3O2/c1-3-22-14(2)17(12-21-22)11-20-19(23)13-24-18-9-8-15-6-4-5-7-16(15)10-18/h4-10,12H,3,11,13H2,1-2H3,(H,20,23). The van der Waals surface area contributed by atoms with Crippen LogP contribution in [0.1, 0.15) is 18.2 Å². The van der Waals surface area contributed by atoms with Crippen molar-refractivity contribution in [3.63, 3.8) is 0 Å². The number of hydrogen-bond acceptors (Lipinski definition) is 3. The molecule has 0 radical (unpaired) electrons. The van der Waals surface area contributed by atoms with Gasteiger partial charge in [0.05, 0.1) is 6.20 Å². The van der Waals surface area contributed by atoms with E-state index in [4.69, 9.17) is 4.74 Å². The van der Waals surface area contributed by atoms with Crippen LogP contribution in [0.5, 0.6) is 5.75 Å². The highest BCUT2D eigenvalue weighted by Gasteiger charge is 2.08. The minimum atomic E-state index is -0.146. The summed E-state index contributed by atoms with van der Waals surface area (Å²) in [7, 11) is 0. The number of aromatic nitrogens is 2. The molecule has 1 amide bonds. The molecule has 2 aromatic carbocycles. The van der Waals surface area contributed by atoms with Crippen LogP contribution in [-0.4, -0.2) is 22.3 Å². The average molecular weight is 323 g/mol. The molecule has 0 aliphatic carbocycles. The predicted molar refractivity (Wildman–Crippen MR) is 93.9 cm³/mol. The monoisotopic (exact) mass is 323 g/mol. The summed E-state index contributed by atoms with van der Waals surface area (Å²) in [6.45, 7) is 5.33. The van der Waals surface area contributed by atoms with Crippen molar-refractivity contribution in [3.05, 3.63) is 59.9 Å². The van der Waals surface area contributed by atoms with E-state index in [9.17, 15) is 4.79 Å². The van der Waals surface area contributed by atoms with Crippen LogP contribution in [0.3, 0.4) is 0 Å². The SMILES string of the molecule is CCn1ncc(CNC(=O)COc2ccc3ccccc3c2)c1C. The molecule has 0 fully saturated rings. The number of aryl methyl sites for hydroxylation is 1. The van der Waals surface area contributed by atoms with Gasteiger partial charge in [-0.3, -0.25) is 9.48 Å². The molecule has 3 rings (SSSR count). The van der Waals surface area contributed by atoms with E-state index < -0.39 is 0 Å². The highest BCUT2D eigenvalue weighted by atomic mass is 16.5. The van der Waals surface area contributed by atoms with Gasteiger partial charge in [0.25, 0.3) is 5.91 Å². The van der Waals surface area contributed by atoms with Crippen LogP contribution in [0, 0.1) is 6.92 Å². The van der Waals surface area contributed by atoms with Crippen LogP contribution in [0.15, 0.2) is 48.7 Å². The van der Waals surface area contributed by atoms with Crippen molar-refractivity contribution in [1.29, 1.82) is 0 Å². The Balaban J connectivity index is 1.53. The Labute approximate surface area is 141 Å². The Morgan fingerprint density at radius 2 is 2.00 bits per heavy atom. The lowest BCUT2D eigenvalue weighted by atomic mass is 10.1. The molecule has 1 aromatic heterocycles. The fraction of sp³-hybridized carbons (Fsp3) is 0.263. The number of rotatable bonds is 6. The van der Waals surface area contributed by atoms with Crippen molar-refractivity contribution in [3.8, 4) is 5.75 Å². The second-order valence-electron chi connectivity index (χ2n) is 5.65. The molecule has 1 heterocycles. The van der Waals surface area contributed by atoms with Gasteiger partial charge < -0.3 is 10.1 Å². The van der Waals surface area contributed by atoms with E-state index in [0.29, 0.717) is 12.3 Å². The molecule has 5 heteroatoms. The van der Waals surface area contributed by atoms with Crippen molar-refractivity contribution >= 4 is 16.7 Å². The quantitative estimate of drug-likeness (QED) is 0.758. The molecule has 5 nitrogen and oxygen atoms in total. The van der Waals surface area contributed by atoms with Gasteiger partial charge in [-0.2, -0.15) is 5.10 Å². The van der Waals surface area contributed by atoms with Gasteiger partial charge in [0.1, 0.15) is 5.75 Å². The number of nitrogens with zero attached hydrogens (tertiary/aromatic N) is 2. The smallest absolute Gasteiger partial charge is 0.258 e. The number of carbonyl (C=O) groups is 1. The summed E-state index contributed by atoms with van der Waals surface area (Å²) in [5.41, 5.74) is 2.10. The van der Waals surface area contributed by atoms with Crippen LogP contribution in [0.2, 0.25) is 0 Å². The molecule has 0 unspecified atom stereocenters. The van der Waals surface area contributed by atoms with Crippen LogP contribution < -0.4 is 10.1 Å². The van der Waals surface area contributed by atoms with E-state index >= 15 is 0 Å². The molecule has 124 valence electrons. The molecular formula is C19H21N3O2. The van der Waals surface area contributed by atoms with E-state index in [-0.39, 0.29) is 12.5 Å². The third-order valence-electron chi connectivity index (χ3n) is 4.07. The van der Waals surface area contributed by atoms with E-state index in [1.807, 2.05) is 61.0 Å². The second kappa shape index (κ2) is 7.17. The number of nitrogens with one attached hydrogen (secondary N) is 1. The number of hydrogen-bond donors (Lipinski definition) is 1. The maximum atomic E-state index is 12.0. The number of carbonyl (C=O) groups excluding carboxylic acids is 1. The molecule has 0 spiro atoms. The maximum Gasteiger partial charge on any atom is 0.258 e. The Morgan fingerprint density at radius 1 is 1.21 bits per heavy atom. The normalized spacial score (nSPS) is 10.8. The molecule has 0 aliphatic heterocycles. The fourth-order valence-corrected chi connectivity index (χ4v) is 2.63. The molecule has 1 N–H and O–H groups in total. The predicted octanol–water partition coefficient (Wildman–Crippen LogP) is 3.06. The minimum Gasteiger partial charge on any atom is -0.484 e. The highest BCUT2D eigenvalue weighted by molar-refractivity contribution is 5.84. The van der Waals surface area contributed by atoms with Crippen LogP contribution in [0.4, 0.5) is 0 Å². The zero-order valence-electron chi connectivity index (χ0n) is 14.0. The summed E-state index contributed by atoms with van der Waals surface area (Å²) in [5, 5.41) is 9.38. The number of amides is 1. The van der Waals surface area contributed by atoms with E-state index in [0.717, 1.165) is 28.6 Å². The Hall–Kier alpha value is -2.82. The summed E-state index contributed by atoms with van der Waals surface area (Å²) >= 11 is 0. The first-order valence-corrected chi connectivity index (χ1v) is 8.07. The first-order valence-electron chi connectivity index (χ1n) is 8.07. The molecule has 3 aromatic rings. The van der Waals surface area contributed by atoms with Crippen LogP contribution in [-0.2, 0) is 17.9 Å². The first-order chi connectivity index (χ1) is 11.7. The molecule has 0 atom stereocenters. The molecule has 0 aliphatic rings. The zero-order valence-corrected chi connectivity index (χ0v) is 14.0. The topological polar surface area (TPSA) is 56.2 Å². The number of benzene rings is 2. The summed E-state index contributed by atoms with van der Waals surface area (Å²) in [4.78, 5) is 12.0. The summed E-state index contributed by atoms with van der Waals surface area (Å²) in [5.74, 6) is 0.547. The van der Waals surface area contributed by atoms with E-state index in [1.165, 1.54) is 0 Å². The molecule has 0 bridgehead atoms. The molecular weight excluding hydrogens is 302 g/mol. The lowest BCUT2D eigenvalue weighted by Crippen LogP contribution is -2.28. The largest absolute Gasteiger partial charge is 0.484 e. The van der Waals surface area contributed by atoms with Crippen molar-refractivity contribution in [2.45, 2.75) is 26.9 Å². The van der Waals surface area contributed by atoms with E-state index in [2.05, 4.69) is 10.4 Å². The summed E-state index contributed by atoms with van der Waals surface area (Å²) < 4.78 is 7.50. The second-order valence-corrected chi connectivity index (χ2v) is 5.65. The van der Waals surface area contributed by atoms with Gasteiger partial charge in [-0.1, -0.05) is 30.3 Å². The van der Waals surface area contributed by atoms with Crippen molar-refractivity contribution in [1.82, 2.24) is 15.1 Å². The Kier molecular flexibility index (Phi) is 4.79. The lowest BCUT2D eigenvalue weighted by Gasteiger charge is -2.08. The van der Waals surface area contributed by atoms with Gasteiger partial charge in [0.15, 0.2) is 6.61 Å². The van der Waals surface area contributed by atoms with Crippen molar-refractivity contribution in [2.24, 2.45) is 0 Å². The number of ether oxygens (including phenoxy) is 1. The molecule has 0 saturated carbocycles.